The normalized spacial score (nSPS) is 16.5. The number of carbonyl (C=O) groups excluding carboxylic acids is 2. The number of pyridine rings is 1. The van der Waals surface area contributed by atoms with Gasteiger partial charge in [0, 0.05) is 23.9 Å². The number of ether oxygens (including phenoxy) is 3. The van der Waals surface area contributed by atoms with Gasteiger partial charge in [-0.05, 0) is 42.8 Å². The molecule has 2 N–H and O–H groups in total. The lowest BCUT2D eigenvalue weighted by Crippen LogP contribution is -2.30. The molecule has 1 amide bonds. The van der Waals surface area contributed by atoms with Gasteiger partial charge in [-0.25, -0.2) is 4.98 Å². The number of hydrogen-bond donors (Lipinski definition) is 2. The number of aliphatic hydroxyl groups is 1. The lowest BCUT2D eigenvalue weighted by molar-refractivity contribution is -0.132. The van der Waals surface area contributed by atoms with Crippen LogP contribution >= 0.6 is 0 Å². The van der Waals surface area contributed by atoms with Gasteiger partial charge in [0.25, 0.3) is 5.78 Å². The quantitative estimate of drug-likeness (QED) is 0.122. The number of anilines is 1. The van der Waals surface area contributed by atoms with Crippen LogP contribution in [-0.2, 0) is 9.59 Å². The van der Waals surface area contributed by atoms with Gasteiger partial charge in [0.15, 0.2) is 11.5 Å². The van der Waals surface area contributed by atoms with E-state index in [1.54, 1.807) is 60.8 Å². The van der Waals surface area contributed by atoms with E-state index in [1.165, 1.54) is 19.1 Å². The molecule has 1 atom stereocenters. The average Bonchev–Trinajstić information content (AvgIpc) is 3.52. The molecular weight excluding hydrogens is 512 g/mol. The molecule has 40 heavy (non-hydrogen) atoms. The zero-order valence-corrected chi connectivity index (χ0v) is 22.5. The molecule has 2 aromatic carbocycles. The number of rotatable bonds is 10. The molecule has 10 nitrogen and oxygen atoms in total. The Labute approximate surface area is 231 Å². The van der Waals surface area contributed by atoms with E-state index in [2.05, 4.69) is 21.9 Å². The second kappa shape index (κ2) is 11.5. The van der Waals surface area contributed by atoms with Crippen molar-refractivity contribution in [3.63, 3.8) is 0 Å². The Bertz CT molecular complexity index is 1520. The van der Waals surface area contributed by atoms with Crippen molar-refractivity contribution in [3.8, 4) is 17.2 Å². The largest absolute Gasteiger partial charge is 0.507 e. The first-order valence-electron chi connectivity index (χ1n) is 13.0. The Balaban J connectivity index is 1.57. The molecule has 1 aliphatic rings. The van der Waals surface area contributed by atoms with Crippen LogP contribution < -0.4 is 19.1 Å². The smallest absolute Gasteiger partial charge is 0.302 e. The van der Waals surface area contributed by atoms with Gasteiger partial charge in [-0.2, -0.15) is 0 Å². The molecule has 0 radical (unpaired) electrons. The molecular formula is C30H30N4O6. The minimum atomic E-state index is -1.02. The highest BCUT2D eigenvalue weighted by molar-refractivity contribution is 6.51. The van der Waals surface area contributed by atoms with E-state index < -0.39 is 17.7 Å². The number of methoxy groups -OCH3 is 2. The molecule has 0 bridgehead atoms. The molecule has 2 aromatic heterocycles. The Morgan fingerprint density at radius 2 is 1.77 bits per heavy atom. The van der Waals surface area contributed by atoms with E-state index in [1.807, 2.05) is 0 Å². The summed E-state index contributed by atoms with van der Waals surface area (Å²) in [5.41, 5.74) is 1.76. The van der Waals surface area contributed by atoms with E-state index in [0.29, 0.717) is 46.1 Å². The molecule has 10 heteroatoms. The number of aromatic amines is 1. The Morgan fingerprint density at radius 3 is 2.45 bits per heavy atom. The van der Waals surface area contributed by atoms with Crippen molar-refractivity contribution in [1.29, 1.82) is 0 Å². The summed E-state index contributed by atoms with van der Waals surface area (Å²) in [6, 6.07) is 14.3. The number of fused-ring (bicyclic) bond motifs is 1. The maximum atomic E-state index is 13.5. The first kappa shape index (κ1) is 26.7. The SMILES string of the molecule is CCCCCOc1ccc(/C(O)=C2\C(=O)C(=O)N(c3nc4cc(OC)c(OC)cc4[nH]3)C2c2ccccn2)cc1. The Kier molecular flexibility index (Phi) is 7.68. The summed E-state index contributed by atoms with van der Waals surface area (Å²) in [6.07, 6.45) is 4.70. The van der Waals surface area contributed by atoms with Crippen LogP contribution in [0.15, 0.2) is 66.4 Å². The molecule has 0 aliphatic carbocycles. The summed E-state index contributed by atoms with van der Waals surface area (Å²) in [6.45, 7) is 2.72. The molecule has 1 unspecified atom stereocenters. The zero-order valence-electron chi connectivity index (χ0n) is 22.5. The minimum Gasteiger partial charge on any atom is -0.507 e. The van der Waals surface area contributed by atoms with Crippen LogP contribution in [0.2, 0.25) is 0 Å². The number of hydrogen-bond acceptors (Lipinski definition) is 8. The van der Waals surface area contributed by atoms with E-state index >= 15 is 0 Å². The number of aromatic nitrogens is 3. The van der Waals surface area contributed by atoms with Crippen LogP contribution in [0.1, 0.15) is 43.5 Å². The molecule has 5 rings (SSSR count). The fourth-order valence-electron chi connectivity index (χ4n) is 4.71. The van der Waals surface area contributed by atoms with Crippen molar-refractivity contribution in [2.45, 2.75) is 32.2 Å². The monoisotopic (exact) mass is 542 g/mol. The molecule has 4 aromatic rings. The highest BCUT2D eigenvalue weighted by Gasteiger charge is 2.48. The van der Waals surface area contributed by atoms with E-state index in [-0.39, 0.29) is 17.3 Å². The second-order valence-corrected chi connectivity index (χ2v) is 9.29. The third-order valence-corrected chi connectivity index (χ3v) is 6.76. The summed E-state index contributed by atoms with van der Waals surface area (Å²) in [5, 5.41) is 11.4. The van der Waals surface area contributed by atoms with Gasteiger partial charge < -0.3 is 24.3 Å². The number of Topliss-reactive ketones (excluding diaryl/α,β-unsaturated/α-hetero) is 1. The molecule has 1 saturated heterocycles. The number of ketones is 1. The van der Waals surface area contributed by atoms with Gasteiger partial charge in [0.05, 0.1) is 43.1 Å². The summed E-state index contributed by atoms with van der Waals surface area (Å²) >= 11 is 0. The van der Waals surface area contributed by atoms with E-state index in [0.717, 1.165) is 19.3 Å². The van der Waals surface area contributed by atoms with Gasteiger partial charge in [0.1, 0.15) is 17.6 Å². The topological polar surface area (TPSA) is 127 Å². The number of carbonyl (C=O) groups is 2. The molecule has 3 heterocycles. The maximum absolute atomic E-state index is 13.5. The first-order chi connectivity index (χ1) is 19.5. The second-order valence-electron chi connectivity index (χ2n) is 9.29. The van der Waals surface area contributed by atoms with Crippen LogP contribution in [0, 0.1) is 0 Å². The number of H-pyrrole nitrogens is 1. The number of nitrogens with one attached hydrogen (secondary N) is 1. The van der Waals surface area contributed by atoms with Crippen LogP contribution in [0.5, 0.6) is 17.2 Å². The summed E-state index contributed by atoms with van der Waals surface area (Å²) in [7, 11) is 3.04. The number of nitrogens with zero attached hydrogens (tertiary/aromatic N) is 3. The van der Waals surface area contributed by atoms with Crippen molar-refractivity contribution in [3.05, 3.63) is 77.6 Å². The van der Waals surface area contributed by atoms with Crippen LogP contribution in [-0.4, -0.2) is 52.6 Å². The fraction of sp³-hybridized carbons (Fsp3) is 0.267. The molecule has 1 fully saturated rings. The minimum absolute atomic E-state index is 0.0871. The predicted molar refractivity (Wildman–Crippen MR) is 150 cm³/mol. The maximum Gasteiger partial charge on any atom is 0.302 e. The first-order valence-corrected chi connectivity index (χ1v) is 13.0. The summed E-state index contributed by atoms with van der Waals surface area (Å²) < 4.78 is 16.5. The van der Waals surface area contributed by atoms with Gasteiger partial charge in [-0.15, -0.1) is 0 Å². The van der Waals surface area contributed by atoms with Crippen LogP contribution in [0.4, 0.5) is 5.95 Å². The fourth-order valence-corrected chi connectivity index (χ4v) is 4.71. The predicted octanol–water partition coefficient (Wildman–Crippen LogP) is 5.17. The van der Waals surface area contributed by atoms with Crippen LogP contribution in [0.25, 0.3) is 16.8 Å². The third kappa shape index (κ3) is 4.95. The summed E-state index contributed by atoms with van der Waals surface area (Å²) in [4.78, 5) is 40.2. The zero-order chi connectivity index (χ0) is 28.2. The lowest BCUT2D eigenvalue weighted by atomic mass is 9.98. The third-order valence-electron chi connectivity index (χ3n) is 6.76. The van der Waals surface area contributed by atoms with Crippen molar-refractivity contribution in [2.75, 3.05) is 25.7 Å². The number of amides is 1. The standard InChI is InChI=1S/C30H30N4O6/c1-4-5-8-15-40-19-12-10-18(11-13-19)27(35)25-26(20-9-6-7-14-31-20)34(29(37)28(25)36)30-32-21-16-23(38-2)24(39-3)17-22(21)33-30/h6-7,9-14,16-17,26,35H,4-5,8,15H2,1-3H3,(H,32,33)/b27-25+. The van der Waals surface area contributed by atoms with Crippen molar-refractivity contribution in [2.24, 2.45) is 0 Å². The van der Waals surface area contributed by atoms with Crippen molar-refractivity contribution in [1.82, 2.24) is 15.0 Å². The van der Waals surface area contributed by atoms with E-state index in [4.69, 9.17) is 14.2 Å². The highest BCUT2D eigenvalue weighted by Crippen LogP contribution is 2.42. The van der Waals surface area contributed by atoms with Gasteiger partial charge in [-0.1, -0.05) is 25.8 Å². The average molecular weight is 543 g/mol. The van der Waals surface area contributed by atoms with Crippen molar-refractivity contribution < 1.29 is 28.9 Å². The molecule has 1 aliphatic heterocycles. The van der Waals surface area contributed by atoms with Crippen LogP contribution in [0.3, 0.4) is 0 Å². The lowest BCUT2D eigenvalue weighted by Gasteiger charge is -2.22. The van der Waals surface area contributed by atoms with Gasteiger partial charge in [0.2, 0.25) is 5.95 Å². The molecule has 0 saturated carbocycles. The van der Waals surface area contributed by atoms with Gasteiger partial charge in [-0.3, -0.25) is 19.5 Å². The van der Waals surface area contributed by atoms with Gasteiger partial charge >= 0.3 is 5.91 Å². The highest BCUT2D eigenvalue weighted by atomic mass is 16.5. The number of aliphatic hydroxyl groups excluding tert-OH is 1. The molecule has 0 spiro atoms. The number of imidazole rings is 1. The molecule has 206 valence electrons. The van der Waals surface area contributed by atoms with E-state index in [9.17, 15) is 14.7 Å². The Hall–Kier alpha value is -4.86. The van der Waals surface area contributed by atoms with Crippen molar-refractivity contribution >= 4 is 34.4 Å². The Morgan fingerprint density at radius 1 is 1.02 bits per heavy atom. The number of benzene rings is 2. The summed E-state index contributed by atoms with van der Waals surface area (Å²) in [5.74, 6) is -0.274. The number of unbranched alkanes of at least 4 members (excludes halogenated alkanes) is 2.